The van der Waals surface area contributed by atoms with Crippen LogP contribution < -0.4 is 0 Å². The van der Waals surface area contributed by atoms with Gasteiger partial charge in [-0.15, -0.1) is 11.8 Å². The van der Waals surface area contributed by atoms with E-state index in [1.165, 1.54) is 0 Å². The number of aromatic nitrogens is 2. The fourth-order valence-corrected chi connectivity index (χ4v) is 4.46. The van der Waals surface area contributed by atoms with E-state index in [4.69, 9.17) is 4.52 Å². The lowest BCUT2D eigenvalue weighted by Gasteiger charge is -2.29. The van der Waals surface area contributed by atoms with Gasteiger partial charge in [0.1, 0.15) is 0 Å². The Bertz CT molecular complexity index is 492. The Morgan fingerprint density at radius 3 is 2.70 bits per heavy atom. The second-order valence-corrected chi connectivity index (χ2v) is 7.51. The lowest BCUT2D eigenvalue weighted by molar-refractivity contribution is -0.170. The topological polar surface area (TPSA) is 56.0 Å². The number of alkyl halides is 3. The van der Waals surface area contributed by atoms with Crippen LogP contribution in [0.3, 0.4) is 0 Å². The van der Waals surface area contributed by atoms with Crippen LogP contribution in [0.5, 0.6) is 0 Å². The van der Waals surface area contributed by atoms with Crippen LogP contribution in [0, 0.1) is 0 Å². The number of Topliss-reactive ketones (excluding diaryl/α,β-unsaturated/α-hetero) is 1. The van der Waals surface area contributed by atoms with E-state index in [-0.39, 0.29) is 11.1 Å². The number of thioether (sulfide) groups is 2. The molecule has 4 nitrogen and oxygen atoms in total. The number of hydrogen-bond acceptors (Lipinski definition) is 6. The first-order valence-electron chi connectivity index (χ1n) is 5.97. The van der Waals surface area contributed by atoms with Crippen LogP contribution in [0.1, 0.15) is 30.8 Å². The number of carbonyl (C=O) groups is 1. The van der Waals surface area contributed by atoms with Crippen molar-refractivity contribution in [3.8, 4) is 0 Å². The van der Waals surface area contributed by atoms with Gasteiger partial charge in [0, 0.05) is 16.3 Å². The van der Waals surface area contributed by atoms with Crippen molar-refractivity contribution in [2.45, 2.75) is 42.2 Å². The van der Waals surface area contributed by atoms with Gasteiger partial charge in [-0.1, -0.05) is 19.0 Å². The number of nitrogens with zero attached hydrogens (tertiary/aromatic N) is 2. The molecule has 0 radical (unpaired) electrons. The number of hydrogen-bond donors (Lipinski definition) is 0. The fraction of sp³-hybridized carbons (Fsp3) is 0.727. The van der Waals surface area contributed by atoms with Crippen LogP contribution >= 0.6 is 23.5 Å². The molecule has 1 aromatic heterocycles. The van der Waals surface area contributed by atoms with Gasteiger partial charge < -0.3 is 4.52 Å². The van der Waals surface area contributed by atoms with E-state index in [9.17, 15) is 18.0 Å². The van der Waals surface area contributed by atoms with E-state index in [1.807, 2.05) is 0 Å². The van der Waals surface area contributed by atoms with Crippen LogP contribution in [0.4, 0.5) is 13.2 Å². The molecule has 1 aromatic rings. The first-order valence-corrected chi connectivity index (χ1v) is 7.96. The number of halogens is 3. The van der Waals surface area contributed by atoms with Crippen molar-refractivity contribution < 1.29 is 22.5 Å². The highest BCUT2D eigenvalue weighted by Crippen LogP contribution is 2.43. The Balaban J connectivity index is 2.01. The van der Waals surface area contributed by atoms with E-state index in [0.717, 1.165) is 5.75 Å². The Morgan fingerprint density at radius 2 is 2.10 bits per heavy atom. The molecule has 1 saturated heterocycles. The van der Waals surface area contributed by atoms with Gasteiger partial charge in [-0.2, -0.15) is 29.9 Å². The summed E-state index contributed by atoms with van der Waals surface area (Å²) in [5.74, 6) is -1.01. The maximum absolute atomic E-state index is 12.1. The van der Waals surface area contributed by atoms with Gasteiger partial charge in [0.2, 0.25) is 11.7 Å². The third-order valence-electron chi connectivity index (χ3n) is 2.95. The Morgan fingerprint density at radius 1 is 1.40 bits per heavy atom. The van der Waals surface area contributed by atoms with Gasteiger partial charge in [-0.3, -0.25) is 4.79 Å². The molecular weight excluding hydrogens is 313 g/mol. The Hall–Kier alpha value is -0.700. The molecule has 0 saturated carbocycles. The molecule has 2 heterocycles. The van der Waals surface area contributed by atoms with Gasteiger partial charge >= 0.3 is 6.18 Å². The molecule has 0 aromatic carbocycles. The van der Waals surface area contributed by atoms with Gasteiger partial charge in [0.05, 0.1) is 11.7 Å². The summed E-state index contributed by atoms with van der Waals surface area (Å²) < 4.78 is 41.2. The first kappa shape index (κ1) is 15.7. The molecular formula is C11H13F3N2O2S2. The van der Waals surface area contributed by atoms with E-state index in [2.05, 4.69) is 24.0 Å². The molecule has 112 valence electrons. The SMILES string of the molecule is CC1SCC(c2noc(CC(=O)C(F)(F)F)n2)SC1C. The van der Waals surface area contributed by atoms with Crippen LogP contribution in [0.25, 0.3) is 0 Å². The number of ketones is 1. The average Bonchev–Trinajstić information content (AvgIpc) is 2.80. The normalized spacial score (nSPS) is 27.6. The van der Waals surface area contributed by atoms with E-state index < -0.39 is 18.4 Å². The van der Waals surface area contributed by atoms with Crippen LogP contribution in [0.15, 0.2) is 4.52 Å². The van der Waals surface area contributed by atoms with Gasteiger partial charge in [0.25, 0.3) is 0 Å². The molecule has 3 unspecified atom stereocenters. The van der Waals surface area contributed by atoms with Crippen molar-refractivity contribution in [3.05, 3.63) is 11.7 Å². The van der Waals surface area contributed by atoms with Gasteiger partial charge in [0.15, 0.2) is 5.82 Å². The lowest BCUT2D eigenvalue weighted by Crippen LogP contribution is -2.24. The largest absolute Gasteiger partial charge is 0.450 e. The Kier molecular flexibility index (Phi) is 4.68. The van der Waals surface area contributed by atoms with E-state index in [1.54, 1.807) is 23.5 Å². The second kappa shape index (κ2) is 5.97. The quantitative estimate of drug-likeness (QED) is 0.851. The lowest BCUT2D eigenvalue weighted by atomic mass is 10.3. The molecule has 0 spiro atoms. The molecule has 0 bridgehead atoms. The summed E-state index contributed by atoms with van der Waals surface area (Å²) in [6.07, 6.45) is -5.76. The van der Waals surface area contributed by atoms with Crippen molar-refractivity contribution in [1.29, 1.82) is 0 Å². The fourth-order valence-electron chi connectivity index (χ4n) is 1.63. The van der Waals surface area contributed by atoms with Gasteiger partial charge in [-0.25, -0.2) is 0 Å². The zero-order valence-electron chi connectivity index (χ0n) is 10.8. The highest BCUT2D eigenvalue weighted by molar-refractivity contribution is 8.07. The predicted octanol–water partition coefficient (Wildman–Crippen LogP) is 3.04. The number of carbonyl (C=O) groups excluding carboxylic acids is 1. The summed E-state index contributed by atoms with van der Waals surface area (Å²) in [5.41, 5.74) is 0. The molecule has 3 atom stereocenters. The van der Waals surface area contributed by atoms with Crippen molar-refractivity contribution in [3.63, 3.8) is 0 Å². The summed E-state index contributed by atoms with van der Waals surface area (Å²) in [7, 11) is 0. The van der Waals surface area contributed by atoms with Crippen molar-refractivity contribution in [2.75, 3.05) is 5.75 Å². The molecule has 1 aliphatic rings. The molecule has 1 fully saturated rings. The van der Waals surface area contributed by atoms with E-state index in [0.29, 0.717) is 16.3 Å². The van der Waals surface area contributed by atoms with Crippen LogP contribution in [-0.2, 0) is 11.2 Å². The predicted molar refractivity (Wildman–Crippen MR) is 70.8 cm³/mol. The molecule has 2 rings (SSSR count). The van der Waals surface area contributed by atoms with Crippen LogP contribution in [-0.4, -0.2) is 38.4 Å². The van der Waals surface area contributed by atoms with Crippen LogP contribution in [0.2, 0.25) is 0 Å². The molecule has 9 heteroatoms. The van der Waals surface area contributed by atoms with Crippen molar-refractivity contribution in [2.24, 2.45) is 0 Å². The zero-order chi connectivity index (χ0) is 14.9. The maximum atomic E-state index is 12.1. The van der Waals surface area contributed by atoms with Gasteiger partial charge in [-0.05, 0) is 0 Å². The minimum absolute atomic E-state index is 0.00955. The number of rotatable bonds is 3. The molecule has 0 amide bonds. The molecule has 1 aliphatic heterocycles. The highest BCUT2D eigenvalue weighted by Gasteiger charge is 2.39. The van der Waals surface area contributed by atoms with E-state index >= 15 is 0 Å². The summed E-state index contributed by atoms with van der Waals surface area (Å²) in [5, 5.41) is 4.59. The summed E-state index contributed by atoms with van der Waals surface area (Å²) in [6.45, 7) is 4.21. The maximum Gasteiger partial charge on any atom is 0.450 e. The Labute approximate surface area is 122 Å². The summed E-state index contributed by atoms with van der Waals surface area (Å²) in [4.78, 5) is 14.8. The summed E-state index contributed by atoms with van der Waals surface area (Å²) in [6, 6.07) is 0. The zero-order valence-corrected chi connectivity index (χ0v) is 12.4. The minimum Gasteiger partial charge on any atom is -0.339 e. The first-order chi connectivity index (χ1) is 9.27. The third-order valence-corrected chi connectivity index (χ3v) is 6.34. The smallest absolute Gasteiger partial charge is 0.339 e. The monoisotopic (exact) mass is 326 g/mol. The minimum atomic E-state index is -4.87. The second-order valence-electron chi connectivity index (χ2n) is 4.51. The highest BCUT2D eigenvalue weighted by atomic mass is 32.2. The summed E-state index contributed by atoms with van der Waals surface area (Å²) >= 11 is 3.44. The standard InChI is InChI=1S/C11H13F3N2O2S2/c1-5-6(2)20-7(4-19-5)10-15-9(18-16-10)3-8(17)11(12,13)14/h5-7H,3-4H2,1-2H3. The van der Waals surface area contributed by atoms with Crippen molar-refractivity contribution in [1.82, 2.24) is 10.1 Å². The molecule has 0 aliphatic carbocycles. The molecule has 20 heavy (non-hydrogen) atoms. The average molecular weight is 326 g/mol. The molecule has 0 N–H and O–H groups in total. The van der Waals surface area contributed by atoms with Crippen molar-refractivity contribution >= 4 is 29.3 Å². The third kappa shape index (κ3) is 3.69.